The number of anilines is 1. The van der Waals surface area contributed by atoms with E-state index in [-0.39, 0.29) is 12.5 Å². The van der Waals surface area contributed by atoms with Gasteiger partial charge in [0, 0.05) is 26.2 Å². The maximum atomic E-state index is 12.1. The summed E-state index contributed by atoms with van der Waals surface area (Å²) in [6.45, 7) is 5.60. The van der Waals surface area contributed by atoms with Gasteiger partial charge in [-0.3, -0.25) is 9.79 Å². The average molecular weight is 330 g/mol. The number of carbonyl (C=O) groups excluding carboxylic acids is 1. The minimum Gasteiger partial charge on any atom is -0.482 e. The first kappa shape index (κ1) is 16.6. The normalized spacial score (nSPS) is 21.5. The van der Waals surface area contributed by atoms with Gasteiger partial charge in [0.25, 0.3) is 5.91 Å². The Labute approximate surface area is 143 Å². The number of rotatable bonds is 4. The summed E-state index contributed by atoms with van der Waals surface area (Å²) in [5.74, 6) is 2.07. The van der Waals surface area contributed by atoms with Gasteiger partial charge in [0.2, 0.25) is 0 Å². The Morgan fingerprint density at radius 2 is 2.25 bits per heavy atom. The van der Waals surface area contributed by atoms with Crippen molar-refractivity contribution in [3.8, 4) is 5.75 Å². The third-order valence-corrected chi connectivity index (χ3v) is 4.60. The molecule has 1 fully saturated rings. The van der Waals surface area contributed by atoms with Crippen molar-refractivity contribution in [1.82, 2.24) is 4.90 Å². The molecule has 1 aromatic rings. The second-order valence-electron chi connectivity index (χ2n) is 6.59. The van der Waals surface area contributed by atoms with Crippen molar-refractivity contribution in [2.24, 2.45) is 16.6 Å². The number of nitrogens with zero attached hydrogens (tertiary/aromatic N) is 3. The van der Waals surface area contributed by atoms with E-state index < -0.39 is 0 Å². The van der Waals surface area contributed by atoms with Crippen molar-refractivity contribution in [2.45, 2.75) is 26.2 Å². The Balaban J connectivity index is 1.53. The second-order valence-corrected chi connectivity index (χ2v) is 6.59. The zero-order chi connectivity index (χ0) is 16.9. The van der Waals surface area contributed by atoms with Gasteiger partial charge in [-0.05, 0) is 37.3 Å². The fraction of sp³-hybridized carbons (Fsp3) is 0.556. The molecule has 0 saturated carbocycles. The molecule has 1 aromatic carbocycles. The van der Waals surface area contributed by atoms with E-state index in [9.17, 15) is 4.79 Å². The first-order valence-electron chi connectivity index (χ1n) is 8.72. The van der Waals surface area contributed by atoms with Crippen LogP contribution in [0.25, 0.3) is 0 Å². The third-order valence-electron chi connectivity index (χ3n) is 4.60. The molecule has 6 heteroatoms. The number of hydrogen-bond acceptors (Lipinski definition) is 3. The minimum atomic E-state index is -0.00416. The highest BCUT2D eigenvalue weighted by molar-refractivity contribution is 5.97. The molecule has 2 N–H and O–H groups in total. The molecular formula is C18H26N4O2. The number of amides is 1. The topological polar surface area (TPSA) is 71.2 Å². The fourth-order valence-corrected chi connectivity index (χ4v) is 3.32. The number of hydrogen-bond donors (Lipinski definition) is 1. The highest BCUT2D eigenvalue weighted by atomic mass is 16.5. The van der Waals surface area contributed by atoms with Crippen LogP contribution in [0.5, 0.6) is 5.75 Å². The maximum Gasteiger partial charge on any atom is 0.265 e. The summed E-state index contributed by atoms with van der Waals surface area (Å²) in [7, 11) is 0. The van der Waals surface area contributed by atoms with E-state index in [0.29, 0.717) is 25.0 Å². The van der Waals surface area contributed by atoms with Gasteiger partial charge in [0.1, 0.15) is 5.75 Å². The van der Waals surface area contributed by atoms with E-state index in [1.165, 1.54) is 12.8 Å². The monoisotopic (exact) mass is 330 g/mol. The summed E-state index contributed by atoms with van der Waals surface area (Å²) in [4.78, 5) is 20.6. The molecule has 1 atom stereocenters. The van der Waals surface area contributed by atoms with Crippen LogP contribution in [0.3, 0.4) is 0 Å². The molecule has 0 aromatic heterocycles. The number of benzene rings is 1. The van der Waals surface area contributed by atoms with Crippen molar-refractivity contribution in [3.05, 3.63) is 24.3 Å². The van der Waals surface area contributed by atoms with Crippen LogP contribution in [-0.2, 0) is 4.79 Å². The maximum absolute atomic E-state index is 12.1. The van der Waals surface area contributed by atoms with Gasteiger partial charge in [-0.2, -0.15) is 0 Å². The Hall–Kier alpha value is -2.24. The van der Waals surface area contributed by atoms with Crippen LogP contribution in [0.4, 0.5) is 5.69 Å². The number of aliphatic imine (C=N–C) groups is 1. The molecule has 1 saturated heterocycles. The van der Waals surface area contributed by atoms with Crippen LogP contribution < -0.4 is 15.4 Å². The van der Waals surface area contributed by atoms with Crippen LogP contribution >= 0.6 is 0 Å². The predicted octanol–water partition coefficient (Wildman–Crippen LogP) is 1.85. The van der Waals surface area contributed by atoms with Gasteiger partial charge in [0.05, 0.1) is 5.69 Å². The highest BCUT2D eigenvalue weighted by Gasteiger charge is 2.24. The van der Waals surface area contributed by atoms with E-state index in [0.717, 1.165) is 30.9 Å². The molecule has 1 unspecified atom stereocenters. The summed E-state index contributed by atoms with van der Waals surface area (Å²) >= 11 is 0. The van der Waals surface area contributed by atoms with E-state index in [2.05, 4.69) is 16.8 Å². The molecule has 0 spiro atoms. The fourth-order valence-electron chi connectivity index (χ4n) is 3.32. The van der Waals surface area contributed by atoms with E-state index >= 15 is 0 Å². The molecular weight excluding hydrogens is 304 g/mol. The van der Waals surface area contributed by atoms with Crippen molar-refractivity contribution in [3.63, 3.8) is 0 Å². The van der Waals surface area contributed by atoms with Crippen molar-refractivity contribution in [2.75, 3.05) is 37.7 Å². The number of likely N-dealkylation sites (tertiary alicyclic amines) is 1. The lowest BCUT2D eigenvalue weighted by Gasteiger charge is -2.31. The van der Waals surface area contributed by atoms with E-state index in [4.69, 9.17) is 10.5 Å². The molecule has 0 radical (unpaired) electrons. The Morgan fingerprint density at radius 3 is 3.08 bits per heavy atom. The van der Waals surface area contributed by atoms with Crippen LogP contribution in [0.2, 0.25) is 0 Å². The molecule has 1 amide bonds. The summed E-state index contributed by atoms with van der Waals surface area (Å²) in [6, 6.07) is 7.64. The molecule has 2 aliphatic heterocycles. The molecule has 24 heavy (non-hydrogen) atoms. The number of nitrogens with two attached hydrogens (primary N) is 1. The van der Waals surface area contributed by atoms with E-state index in [1.54, 1.807) is 4.90 Å². The second kappa shape index (κ2) is 7.55. The number of fused-ring (bicyclic) bond motifs is 1. The van der Waals surface area contributed by atoms with Crippen LogP contribution in [0, 0.1) is 5.92 Å². The largest absolute Gasteiger partial charge is 0.482 e. The zero-order valence-electron chi connectivity index (χ0n) is 14.3. The molecule has 3 rings (SSSR count). The number of para-hydroxylation sites is 2. The Kier molecular flexibility index (Phi) is 5.23. The average Bonchev–Trinajstić information content (AvgIpc) is 2.60. The lowest BCUT2D eigenvalue weighted by Crippen LogP contribution is -2.43. The summed E-state index contributed by atoms with van der Waals surface area (Å²) in [6.07, 6.45) is 3.23. The summed E-state index contributed by atoms with van der Waals surface area (Å²) in [5.41, 5.74) is 6.95. The summed E-state index contributed by atoms with van der Waals surface area (Å²) in [5, 5.41) is 0. The molecule has 2 heterocycles. The van der Waals surface area contributed by atoms with Gasteiger partial charge in [-0.15, -0.1) is 0 Å². The van der Waals surface area contributed by atoms with Crippen molar-refractivity contribution >= 4 is 17.6 Å². The highest BCUT2D eigenvalue weighted by Crippen LogP contribution is 2.31. The summed E-state index contributed by atoms with van der Waals surface area (Å²) < 4.78 is 5.45. The molecule has 0 aliphatic carbocycles. The Bertz CT molecular complexity index is 617. The number of ether oxygens (including phenoxy) is 1. The van der Waals surface area contributed by atoms with Crippen LogP contribution in [-0.4, -0.2) is 49.6 Å². The SMILES string of the molecule is CC1CCCN(C(N)=NCCCN2C(=O)COc3ccccc32)C1. The van der Waals surface area contributed by atoms with Crippen LogP contribution in [0.1, 0.15) is 26.2 Å². The van der Waals surface area contributed by atoms with Gasteiger partial charge in [-0.1, -0.05) is 19.1 Å². The van der Waals surface area contributed by atoms with Crippen molar-refractivity contribution in [1.29, 1.82) is 0 Å². The van der Waals surface area contributed by atoms with Gasteiger partial charge in [0.15, 0.2) is 12.6 Å². The van der Waals surface area contributed by atoms with Crippen molar-refractivity contribution < 1.29 is 9.53 Å². The lowest BCUT2D eigenvalue weighted by molar-refractivity contribution is -0.121. The van der Waals surface area contributed by atoms with Gasteiger partial charge >= 0.3 is 0 Å². The third kappa shape index (κ3) is 3.80. The molecule has 2 aliphatic rings. The molecule has 130 valence electrons. The zero-order valence-corrected chi connectivity index (χ0v) is 14.3. The van der Waals surface area contributed by atoms with Gasteiger partial charge < -0.3 is 20.3 Å². The standard InChI is InChI=1S/C18H26N4O2/c1-14-6-4-10-21(12-14)18(19)20-9-5-11-22-15-7-2-3-8-16(15)24-13-17(22)23/h2-3,7-8,14H,4-6,9-13H2,1H3,(H2,19,20). The quantitative estimate of drug-likeness (QED) is 0.519. The Morgan fingerprint density at radius 1 is 1.42 bits per heavy atom. The smallest absolute Gasteiger partial charge is 0.265 e. The number of guanidine groups is 1. The lowest BCUT2D eigenvalue weighted by atomic mass is 10.0. The van der Waals surface area contributed by atoms with E-state index in [1.807, 2.05) is 24.3 Å². The first-order valence-corrected chi connectivity index (χ1v) is 8.72. The molecule has 0 bridgehead atoms. The first-order chi connectivity index (χ1) is 11.6. The number of piperidine rings is 1. The van der Waals surface area contributed by atoms with Crippen LogP contribution in [0.15, 0.2) is 29.3 Å². The van der Waals surface area contributed by atoms with Gasteiger partial charge in [-0.25, -0.2) is 0 Å². The molecule has 6 nitrogen and oxygen atoms in total. The number of carbonyl (C=O) groups is 1. The minimum absolute atomic E-state index is 0.00416. The predicted molar refractivity (Wildman–Crippen MR) is 95.4 cm³/mol.